The molecule has 1 amide bonds. The van der Waals surface area contributed by atoms with E-state index in [4.69, 9.17) is 15.2 Å². The van der Waals surface area contributed by atoms with Gasteiger partial charge >= 0.3 is 0 Å². The number of ether oxygens (including phenoxy) is 2. The fourth-order valence-electron chi connectivity index (χ4n) is 2.23. The van der Waals surface area contributed by atoms with Crippen molar-refractivity contribution in [2.75, 3.05) is 19.5 Å². The Hall–Kier alpha value is -1.75. The van der Waals surface area contributed by atoms with Crippen LogP contribution in [0, 0.1) is 0 Å². The number of anilines is 1. The second-order valence-electron chi connectivity index (χ2n) is 5.01. The first-order valence-electron chi connectivity index (χ1n) is 6.37. The molecule has 1 fully saturated rings. The Morgan fingerprint density at radius 1 is 1.37 bits per heavy atom. The van der Waals surface area contributed by atoms with Gasteiger partial charge in [-0.25, -0.2) is 0 Å². The van der Waals surface area contributed by atoms with Crippen LogP contribution in [0.25, 0.3) is 0 Å². The van der Waals surface area contributed by atoms with Crippen molar-refractivity contribution in [2.45, 2.75) is 31.2 Å². The van der Waals surface area contributed by atoms with E-state index in [1.165, 1.54) is 0 Å². The first-order chi connectivity index (χ1) is 9.06. The maximum Gasteiger partial charge on any atom is 0.226 e. The molecule has 0 bridgehead atoms. The molecular formula is C14H20N2O3. The van der Waals surface area contributed by atoms with E-state index in [1.54, 1.807) is 32.4 Å². The first kappa shape index (κ1) is 13.7. The summed E-state index contributed by atoms with van der Waals surface area (Å²) in [6, 6.07) is 5.28. The lowest BCUT2D eigenvalue weighted by Gasteiger charge is -2.37. The van der Waals surface area contributed by atoms with Gasteiger partial charge in [0.25, 0.3) is 0 Å². The number of nitrogens with one attached hydrogen (secondary N) is 1. The van der Waals surface area contributed by atoms with Crippen LogP contribution >= 0.6 is 0 Å². The van der Waals surface area contributed by atoms with Crippen molar-refractivity contribution in [3.8, 4) is 11.5 Å². The quantitative estimate of drug-likeness (QED) is 0.852. The highest BCUT2D eigenvalue weighted by Gasteiger charge is 2.34. The van der Waals surface area contributed by atoms with E-state index in [0.29, 0.717) is 23.6 Å². The van der Waals surface area contributed by atoms with Gasteiger partial charge in [0.2, 0.25) is 5.91 Å². The lowest BCUT2D eigenvalue weighted by Crippen LogP contribution is -2.48. The van der Waals surface area contributed by atoms with Crippen LogP contribution in [0.2, 0.25) is 0 Å². The zero-order valence-corrected chi connectivity index (χ0v) is 11.4. The number of nitrogens with two attached hydrogens (primary N) is 1. The Morgan fingerprint density at radius 2 is 2.11 bits per heavy atom. The van der Waals surface area contributed by atoms with Crippen molar-refractivity contribution in [3.05, 3.63) is 18.2 Å². The average molecular weight is 264 g/mol. The summed E-state index contributed by atoms with van der Waals surface area (Å²) in [5.74, 6) is 1.18. The summed E-state index contributed by atoms with van der Waals surface area (Å²) in [5, 5.41) is 2.84. The molecule has 1 aliphatic carbocycles. The Labute approximate surface area is 113 Å². The molecule has 0 saturated heterocycles. The van der Waals surface area contributed by atoms with Crippen molar-refractivity contribution < 1.29 is 14.3 Å². The van der Waals surface area contributed by atoms with E-state index in [1.807, 2.05) is 0 Å². The molecule has 0 spiro atoms. The number of methoxy groups -OCH3 is 2. The van der Waals surface area contributed by atoms with Gasteiger partial charge < -0.3 is 20.5 Å². The van der Waals surface area contributed by atoms with Crippen LogP contribution in [0.1, 0.15) is 25.7 Å². The third kappa shape index (κ3) is 3.17. The van der Waals surface area contributed by atoms with Crippen molar-refractivity contribution in [1.29, 1.82) is 0 Å². The summed E-state index contributed by atoms with van der Waals surface area (Å²) in [7, 11) is 3.14. The van der Waals surface area contributed by atoms with E-state index in [2.05, 4.69) is 5.32 Å². The predicted octanol–water partition coefficient (Wildman–Crippen LogP) is 1.91. The van der Waals surface area contributed by atoms with Gasteiger partial charge in [-0.1, -0.05) is 0 Å². The third-order valence-electron chi connectivity index (χ3n) is 3.54. The number of amides is 1. The molecule has 0 aromatic heterocycles. The molecule has 0 heterocycles. The predicted molar refractivity (Wildman–Crippen MR) is 73.6 cm³/mol. The van der Waals surface area contributed by atoms with Crippen LogP contribution in [0.5, 0.6) is 11.5 Å². The monoisotopic (exact) mass is 264 g/mol. The summed E-state index contributed by atoms with van der Waals surface area (Å²) in [4.78, 5) is 12.0. The normalized spacial score (nSPS) is 16.4. The highest BCUT2D eigenvalue weighted by atomic mass is 16.5. The minimum absolute atomic E-state index is 0.0891. The lowest BCUT2D eigenvalue weighted by molar-refractivity contribution is -0.118. The Morgan fingerprint density at radius 3 is 2.63 bits per heavy atom. The molecule has 1 saturated carbocycles. The number of carbonyl (C=O) groups is 1. The Kier molecular flexibility index (Phi) is 3.95. The van der Waals surface area contributed by atoms with E-state index >= 15 is 0 Å². The van der Waals surface area contributed by atoms with Crippen molar-refractivity contribution >= 4 is 11.6 Å². The van der Waals surface area contributed by atoms with Crippen molar-refractivity contribution in [1.82, 2.24) is 0 Å². The highest BCUT2D eigenvalue weighted by Crippen LogP contribution is 2.33. The van der Waals surface area contributed by atoms with Gasteiger partial charge in [0.05, 0.1) is 19.9 Å². The molecule has 3 N–H and O–H groups in total. The second-order valence-corrected chi connectivity index (χ2v) is 5.01. The fraction of sp³-hybridized carbons (Fsp3) is 0.500. The lowest BCUT2D eigenvalue weighted by atomic mass is 9.75. The maximum absolute atomic E-state index is 12.0. The molecule has 104 valence electrons. The number of carbonyl (C=O) groups excluding carboxylic acids is 1. The van der Waals surface area contributed by atoms with Crippen LogP contribution < -0.4 is 20.5 Å². The molecular weight excluding hydrogens is 244 g/mol. The third-order valence-corrected chi connectivity index (χ3v) is 3.54. The first-order valence-corrected chi connectivity index (χ1v) is 6.37. The van der Waals surface area contributed by atoms with Gasteiger partial charge in [-0.3, -0.25) is 4.79 Å². The Balaban J connectivity index is 2.06. The number of hydrogen-bond donors (Lipinski definition) is 2. The van der Waals surface area contributed by atoms with Gasteiger partial charge in [0.15, 0.2) is 0 Å². The zero-order chi connectivity index (χ0) is 13.9. The molecule has 1 aromatic rings. The maximum atomic E-state index is 12.0. The topological polar surface area (TPSA) is 73.6 Å². The molecule has 5 nitrogen and oxygen atoms in total. The summed E-state index contributed by atoms with van der Waals surface area (Å²) in [6.45, 7) is 0. The molecule has 1 aromatic carbocycles. The SMILES string of the molecule is COc1ccc(OC)c(NC(=O)CC2(N)CCC2)c1. The highest BCUT2D eigenvalue weighted by molar-refractivity contribution is 5.93. The molecule has 0 radical (unpaired) electrons. The number of benzene rings is 1. The second kappa shape index (κ2) is 5.48. The van der Waals surface area contributed by atoms with Crippen LogP contribution in [0.4, 0.5) is 5.69 Å². The van der Waals surface area contributed by atoms with Crippen molar-refractivity contribution in [2.24, 2.45) is 5.73 Å². The van der Waals surface area contributed by atoms with E-state index in [-0.39, 0.29) is 11.4 Å². The smallest absolute Gasteiger partial charge is 0.226 e. The number of hydrogen-bond acceptors (Lipinski definition) is 4. The standard InChI is InChI=1S/C14H20N2O3/c1-18-10-4-5-12(19-2)11(8-10)16-13(17)9-14(15)6-3-7-14/h4-5,8H,3,6-7,9,15H2,1-2H3,(H,16,17). The molecule has 19 heavy (non-hydrogen) atoms. The molecule has 5 heteroatoms. The van der Waals surface area contributed by atoms with Crippen LogP contribution in [0.3, 0.4) is 0 Å². The summed E-state index contributed by atoms with van der Waals surface area (Å²) < 4.78 is 10.4. The van der Waals surface area contributed by atoms with Gasteiger partial charge in [-0.2, -0.15) is 0 Å². The molecule has 0 unspecified atom stereocenters. The minimum Gasteiger partial charge on any atom is -0.497 e. The minimum atomic E-state index is -0.323. The Bertz CT molecular complexity index is 470. The van der Waals surface area contributed by atoms with E-state index in [9.17, 15) is 4.79 Å². The molecule has 1 aliphatic rings. The average Bonchev–Trinajstić information content (AvgIpc) is 2.36. The molecule has 0 aliphatic heterocycles. The summed E-state index contributed by atoms with van der Waals surface area (Å²) in [5.41, 5.74) is 6.35. The van der Waals surface area contributed by atoms with Crippen LogP contribution in [-0.4, -0.2) is 25.7 Å². The van der Waals surface area contributed by atoms with E-state index < -0.39 is 0 Å². The van der Waals surface area contributed by atoms with Gasteiger partial charge in [0, 0.05) is 18.0 Å². The van der Waals surface area contributed by atoms with Gasteiger partial charge in [-0.15, -0.1) is 0 Å². The van der Waals surface area contributed by atoms with Gasteiger partial charge in [0.1, 0.15) is 11.5 Å². The van der Waals surface area contributed by atoms with Crippen molar-refractivity contribution in [3.63, 3.8) is 0 Å². The van der Waals surface area contributed by atoms with Gasteiger partial charge in [-0.05, 0) is 31.4 Å². The van der Waals surface area contributed by atoms with Crippen LogP contribution in [-0.2, 0) is 4.79 Å². The van der Waals surface area contributed by atoms with E-state index in [0.717, 1.165) is 19.3 Å². The summed E-state index contributed by atoms with van der Waals surface area (Å²) >= 11 is 0. The molecule has 0 atom stereocenters. The molecule has 2 rings (SSSR count). The number of rotatable bonds is 5. The fourth-order valence-corrected chi connectivity index (χ4v) is 2.23. The largest absolute Gasteiger partial charge is 0.497 e. The van der Waals surface area contributed by atoms with Crippen LogP contribution in [0.15, 0.2) is 18.2 Å². The summed E-state index contributed by atoms with van der Waals surface area (Å²) in [6.07, 6.45) is 3.27. The zero-order valence-electron chi connectivity index (χ0n) is 11.4.